The van der Waals surface area contributed by atoms with Crippen molar-refractivity contribution in [3.8, 4) is 5.75 Å². The summed E-state index contributed by atoms with van der Waals surface area (Å²) >= 11 is 0. The number of carbonyl (C=O) groups excluding carboxylic acids is 1. The van der Waals surface area contributed by atoms with Crippen LogP contribution in [0.4, 0.5) is 0 Å². The maximum Gasteiger partial charge on any atom is 0.225 e. The summed E-state index contributed by atoms with van der Waals surface area (Å²) in [4.78, 5) is 19.4. The fourth-order valence-corrected chi connectivity index (χ4v) is 4.20. The van der Waals surface area contributed by atoms with Gasteiger partial charge in [0.1, 0.15) is 11.9 Å². The highest BCUT2D eigenvalue weighted by Crippen LogP contribution is 2.27. The van der Waals surface area contributed by atoms with Gasteiger partial charge in [-0.25, -0.2) is 4.99 Å². The van der Waals surface area contributed by atoms with Crippen LogP contribution >= 0.6 is 0 Å². The molecule has 2 N–H and O–H groups in total. The number of hydrogen-bond donors (Lipinski definition) is 2. The van der Waals surface area contributed by atoms with Crippen molar-refractivity contribution in [2.75, 3.05) is 26.2 Å². The third kappa shape index (κ3) is 6.38. The number of aryl methyl sites for hydroxylation is 1. The Hall–Kier alpha value is -2.24. The number of amides is 1. The van der Waals surface area contributed by atoms with E-state index >= 15 is 0 Å². The van der Waals surface area contributed by atoms with E-state index in [1.54, 1.807) is 0 Å². The zero-order valence-corrected chi connectivity index (χ0v) is 18.1. The Labute approximate surface area is 175 Å². The molecule has 0 bridgehead atoms. The topological polar surface area (TPSA) is 66.0 Å². The van der Waals surface area contributed by atoms with E-state index in [-0.39, 0.29) is 18.1 Å². The summed E-state index contributed by atoms with van der Waals surface area (Å²) < 4.78 is 5.98. The van der Waals surface area contributed by atoms with E-state index in [1.807, 2.05) is 30.0 Å². The Kier molecular flexibility index (Phi) is 7.78. The average Bonchev–Trinajstić information content (AvgIpc) is 3.38. The lowest BCUT2D eigenvalue weighted by atomic mass is 10.1. The van der Waals surface area contributed by atoms with Gasteiger partial charge in [0.25, 0.3) is 0 Å². The zero-order chi connectivity index (χ0) is 20.6. The molecule has 3 rings (SSSR count). The van der Waals surface area contributed by atoms with Gasteiger partial charge in [0.15, 0.2) is 5.96 Å². The minimum atomic E-state index is -0.0173. The van der Waals surface area contributed by atoms with Crippen molar-refractivity contribution in [1.29, 1.82) is 0 Å². The minimum Gasteiger partial charge on any atom is -0.489 e. The van der Waals surface area contributed by atoms with E-state index in [4.69, 9.17) is 9.73 Å². The lowest BCUT2D eigenvalue weighted by Gasteiger charge is -2.22. The van der Waals surface area contributed by atoms with Crippen LogP contribution in [0.1, 0.15) is 51.5 Å². The lowest BCUT2D eigenvalue weighted by molar-refractivity contribution is -0.134. The molecular formula is C23H36N4O2. The zero-order valence-electron chi connectivity index (χ0n) is 18.1. The minimum absolute atomic E-state index is 0.0173. The van der Waals surface area contributed by atoms with E-state index in [0.717, 1.165) is 50.6 Å². The number of ether oxygens (including phenoxy) is 1. The Morgan fingerprint density at radius 1 is 1.31 bits per heavy atom. The highest BCUT2D eigenvalue weighted by molar-refractivity contribution is 5.81. The Balaban J connectivity index is 1.49. The maximum atomic E-state index is 12.7. The second-order valence-corrected chi connectivity index (χ2v) is 8.36. The van der Waals surface area contributed by atoms with Gasteiger partial charge in [-0.3, -0.25) is 4.79 Å². The second kappa shape index (κ2) is 10.5. The molecule has 6 nitrogen and oxygen atoms in total. The third-order valence-electron chi connectivity index (χ3n) is 5.72. The number of likely N-dealkylation sites (tertiary alicyclic amines) is 1. The van der Waals surface area contributed by atoms with Gasteiger partial charge < -0.3 is 20.3 Å². The van der Waals surface area contributed by atoms with Crippen LogP contribution in [-0.4, -0.2) is 55.1 Å². The Morgan fingerprint density at radius 2 is 2.10 bits per heavy atom. The molecule has 1 saturated heterocycles. The predicted molar refractivity (Wildman–Crippen MR) is 117 cm³/mol. The molecular weight excluding hydrogens is 364 g/mol. The summed E-state index contributed by atoms with van der Waals surface area (Å²) in [7, 11) is 0. The van der Waals surface area contributed by atoms with Crippen LogP contribution in [0.3, 0.4) is 0 Å². The van der Waals surface area contributed by atoms with Gasteiger partial charge in [-0.2, -0.15) is 0 Å². The third-order valence-corrected chi connectivity index (χ3v) is 5.72. The highest BCUT2D eigenvalue weighted by Gasteiger charge is 2.32. The monoisotopic (exact) mass is 400 g/mol. The van der Waals surface area contributed by atoms with E-state index in [2.05, 4.69) is 30.5 Å². The van der Waals surface area contributed by atoms with Crippen molar-refractivity contribution >= 4 is 11.9 Å². The van der Waals surface area contributed by atoms with Crippen molar-refractivity contribution in [2.45, 2.75) is 65.0 Å². The van der Waals surface area contributed by atoms with Crippen molar-refractivity contribution in [3.63, 3.8) is 0 Å². The first-order valence-electron chi connectivity index (χ1n) is 11.1. The first-order chi connectivity index (χ1) is 14.0. The number of nitrogens with one attached hydrogen (secondary N) is 2. The molecule has 2 unspecified atom stereocenters. The number of rotatable bonds is 7. The summed E-state index contributed by atoms with van der Waals surface area (Å²) in [6.45, 7) is 9.15. The van der Waals surface area contributed by atoms with Gasteiger partial charge in [0.2, 0.25) is 5.91 Å². The summed E-state index contributed by atoms with van der Waals surface area (Å²) in [5.41, 5.74) is 1.19. The molecule has 1 aromatic rings. The van der Waals surface area contributed by atoms with Crippen molar-refractivity contribution in [2.24, 2.45) is 10.9 Å². The second-order valence-electron chi connectivity index (χ2n) is 8.36. The van der Waals surface area contributed by atoms with E-state index in [0.29, 0.717) is 12.5 Å². The molecule has 0 aromatic heterocycles. The molecule has 6 heteroatoms. The Morgan fingerprint density at radius 3 is 2.83 bits per heavy atom. The van der Waals surface area contributed by atoms with Crippen LogP contribution < -0.4 is 15.4 Å². The Bertz CT molecular complexity index is 700. The van der Waals surface area contributed by atoms with Gasteiger partial charge in [-0.15, -0.1) is 0 Å². The van der Waals surface area contributed by atoms with Crippen LogP contribution in [0.2, 0.25) is 0 Å². The number of guanidine groups is 1. The number of nitrogens with zero attached hydrogens (tertiary/aromatic N) is 2. The molecule has 2 atom stereocenters. The number of aliphatic imine (C=N–C) groups is 1. The van der Waals surface area contributed by atoms with E-state index < -0.39 is 0 Å². The van der Waals surface area contributed by atoms with Crippen LogP contribution in [0, 0.1) is 12.8 Å². The molecule has 29 heavy (non-hydrogen) atoms. The van der Waals surface area contributed by atoms with E-state index in [1.165, 1.54) is 18.4 Å². The van der Waals surface area contributed by atoms with Gasteiger partial charge >= 0.3 is 0 Å². The largest absolute Gasteiger partial charge is 0.489 e. The first-order valence-corrected chi connectivity index (χ1v) is 11.1. The summed E-state index contributed by atoms with van der Waals surface area (Å²) in [5, 5.41) is 6.83. The summed E-state index contributed by atoms with van der Waals surface area (Å²) in [6, 6.07) is 8.34. The van der Waals surface area contributed by atoms with Gasteiger partial charge in [0, 0.05) is 31.6 Å². The molecule has 1 aromatic carbocycles. The molecule has 2 fully saturated rings. The first kappa shape index (κ1) is 21.5. The molecule has 1 saturated carbocycles. The molecule has 1 heterocycles. The van der Waals surface area contributed by atoms with Crippen molar-refractivity contribution in [3.05, 3.63) is 29.8 Å². The quantitative estimate of drug-likeness (QED) is 0.545. The normalized spacial score (nSPS) is 21.3. The van der Waals surface area contributed by atoms with Crippen molar-refractivity contribution in [1.82, 2.24) is 15.5 Å². The predicted octanol–water partition coefficient (Wildman–Crippen LogP) is 3.11. The number of carbonyl (C=O) groups is 1. The lowest BCUT2D eigenvalue weighted by Crippen LogP contribution is -2.45. The fourth-order valence-electron chi connectivity index (χ4n) is 4.20. The average molecular weight is 401 g/mol. The van der Waals surface area contributed by atoms with E-state index in [9.17, 15) is 4.79 Å². The van der Waals surface area contributed by atoms with Gasteiger partial charge in [-0.1, -0.05) is 25.0 Å². The highest BCUT2D eigenvalue weighted by atomic mass is 16.5. The van der Waals surface area contributed by atoms with Crippen molar-refractivity contribution < 1.29 is 9.53 Å². The molecule has 2 aliphatic rings. The maximum absolute atomic E-state index is 12.7. The fraction of sp³-hybridized carbons (Fsp3) is 0.652. The molecule has 0 radical (unpaired) electrons. The molecule has 0 spiro atoms. The van der Waals surface area contributed by atoms with Gasteiger partial charge in [-0.05, 0) is 57.7 Å². The molecule has 1 amide bonds. The standard InChI is InChI=1S/C23H36N4O2/c1-4-24-23(25-15-18(3)29-21-11-7-8-17(2)14-21)26-20-12-13-27(16-20)22(28)19-9-5-6-10-19/h7-8,11,14,18-20H,4-6,9-10,12-13,15-16H2,1-3H3,(H2,24,25,26). The smallest absolute Gasteiger partial charge is 0.225 e. The SMILES string of the molecule is CCNC(=NCC(C)Oc1cccc(C)c1)NC1CCN(C(=O)C2CCCC2)C1. The van der Waals surface area contributed by atoms with Gasteiger partial charge in [0.05, 0.1) is 6.54 Å². The van der Waals surface area contributed by atoms with Crippen LogP contribution in [0.15, 0.2) is 29.3 Å². The van der Waals surface area contributed by atoms with Crippen LogP contribution in [-0.2, 0) is 4.79 Å². The summed E-state index contributed by atoms with van der Waals surface area (Å²) in [6.07, 6.45) is 5.49. The van der Waals surface area contributed by atoms with Crippen LogP contribution in [0.5, 0.6) is 5.75 Å². The molecule has 1 aliphatic carbocycles. The summed E-state index contributed by atoms with van der Waals surface area (Å²) in [5.74, 6) is 2.29. The number of hydrogen-bond acceptors (Lipinski definition) is 3. The number of benzene rings is 1. The molecule has 160 valence electrons. The van der Waals surface area contributed by atoms with Crippen LogP contribution in [0.25, 0.3) is 0 Å². The molecule has 1 aliphatic heterocycles.